The van der Waals surface area contributed by atoms with E-state index in [0.717, 1.165) is 12.8 Å². The molecule has 0 aromatic carbocycles. The molecule has 0 aliphatic heterocycles. The first kappa shape index (κ1) is 13.7. The second kappa shape index (κ2) is 6.47. The van der Waals surface area contributed by atoms with Crippen LogP contribution in [-0.2, 0) is 0 Å². The van der Waals surface area contributed by atoms with Crippen molar-refractivity contribution in [2.24, 2.45) is 0 Å². The summed E-state index contributed by atoms with van der Waals surface area (Å²) in [4.78, 5) is 21.6. The smallest absolute Gasteiger partial charge is 0.263 e. The number of nitrogens with zero attached hydrogens (tertiary/aromatic N) is 2. The zero-order chi connectivity index (χ0) is 13.7. The quantitative estimate of drug-likeness (QED) is 0.796. The Balaban J connectivity index is 1.99. The minimum Gasteiger partial charge on any atom is -0.396 e. The molecule has 0 unspecified atom stereocenters. The number of fused-ring (bicyclic) bond motifs is 1. The molecular formula is C13H18N4OS. The van der Waals surface area contributed by atoms with Crippen molar-refractivity contribution >= 4 is 33.3 Å². The third-order valence-corrected chi connectivity index (χ3v) is 3.99. The van der Waals surface area contributed by atoms with Crippen molar-refractivity contribution in [3.05, 3.63) is 17.3 Å². The normalized spacial score (nSPS) is 10.8. The summed E-state index contributed by atoms with van der Waals surface area (Å²) >= 11 is 1.29. The largest absolute Gasteiger partial charge is 0.396 e. The van der Waals surface area contributed by atoms with Gasteiger partial charge in [0.1, 0.15) is 15.2 Å². The first-order valence-electron chi connectivity index (χ1n) is 6.51. The van der Waals surface area contributed by atoms with Gasteiger partial charge in [-0.1, -0.05) is 26.2 Å². The predicted octanol–water partition coefficient (Wildman–Crippen LogP) is 2.58. The van der Waals surface area contributed by atoms with Gasteiger partial charge in [-0.2, -0.15) is 0 Å². The fourth-order valence-electron chi connectivity index (χ4n) is 1.85. The van der Waals surface area contributed by atoms with E-state index in [2.05, 4.69) is 22.2 Å². The van der Waals surface area contributed by atoms with Crippen LogP contribution < -0.4 is 11.1 Å². The Kier molecular flexibility index (Phi) is 4.68. The lowest BCUT2D eigenvalue weighted by atomic mass is 10.2. The van der Waals surface area contributed by atoms with Gasteiger partial charge >= 0.3 is 0 Å². The predicted molar refractivity (Wildman–Crippen MR) is 78.3 cm³/mol. The molecule has 5 nitrogen and oxygen atoms in total. The lowest BCUT2D eigenvalue weighted by Gasteiger charge is -2.03. The molecule has 0 fully saturated rings. The number of anilines is 1. The van der Waals surface area contributed by atoms with E-state index in [1.165, 1.54) is 24.2 Å². The SMILES string of the molecule is CCCCCCNC(=O)c1sc2nccnc2c1N. The van der Waals surface area contributed by atoms with Gasteiger partial charge in [0.2, 0.25) is 0 Å². The van der Waals surface area contributed by atoms with E-state index in [9.17, 15) is 4.79 Å². The monoisotopic (exact) mass is 278 g/mol. The van der Waals surface area contributed by atoms with Crippen LogP contribution in [0.25, 0.3) is 10.3 Å². The molecule has 0 bridgehead atoms. The standard InChI is InChI=1S/C13H18N4OS/c1-2-3-4-5-6-16-12(18)11-9(14)10-13(19-11)17-8-7-15-10/h7-8H,2-6,14H2,1H3,(H,16,18). The van der Waals surface area contributed by atoms with Crippen molar-refractivity contribution in [3.63, 3.8) is 0 Å². The number of nitrogens with two attached hydrogens (primary N) is 1. The first-order valence-corrected chi connectivity index (χ1v) is 7.33. The lowest BCUT2D eigenvalue weighted by Crippen LogP contribution is -2.24. The molecule has 1 amide bonds. The average Bonchev–Trinajstić information content (AvgIpc) is 2.76. The van der Waals surface area contributed by atoms with Crippen molar-refractivity contribution in [1.29, 1.82) is 0 Å². The van der Waals surface area contributed by atoms with Crippen molar-refractivity contribution < 1.29 is 4.79 Å². The lowest BCUT2D eigenvalue weighted by molar-refractivity contribution is 0.0958. The van der Waals surface area contributed by atoms with Gasteiger partial charge in [-0.25, -0.2) is 9.97 Å². The van der Waals surface area contributed by atoms with Gasteiger partial charge in [0.05, 0.1) is 5.69 Å². The topological polar surface area (TPSA) is 80.9 Å². The van der Waals surface area contributed by atoms with Gasteiger partial charge in [0, 0.05) is 18.9 Å². The van der Waals surface area contributed by atoms with Crippen molar-refractivity contribution in [3.8, 4) is 0 Å². The Morgan fingerprint density at radius 1 is 1.32 bits per heavy atom. The summed E-state index contributed by atoms with van der Waals surface area (Å²) in [6, 6.07) is 0. The minimum absolute atomic E-state index is 0.126. The van der Waals surface area contributed by atoms with Crippen LogP contribution >= 0.6 is 11.3 Å². The van der Waals surface area contributed by atoms with Crippen LogP contribution in [0, 0.1) is 0 Å². The number of nitrogens with one attached hydrogen (secondary N) is 1. The number of carbonyl (C=O) groups excluding carboxylic acids is 1. The summed E-state index contributed by atoms with van der Waals surface area (Å²) in [5.41, 5.74) is 6.98. The molecule has 2 heterocycles. The van der Waals surface area contributed by atoms with Crippen LogP contribution in [0.5, 0.6) is 0 Å². The first-order chi connectivity index (χ1) is 9.24. The van der Waals surface area contributed by atoms with Crippen LogP contribution in [0.2, 0.25) is 0 Å². The summed E-state index contributed by atoms with van der Waals surface area (Å²) in [6.07, 6.45) is 7.72. The van der Waals surface area contributed by atoms with Gasteiger partial charge in [0.25, 0.3) is 5.91 Å². The van der Waals surface area contributed by atoms with E-state index in [1.807, 2.05) is 0 Å². The molecule has 0 saturated heterocycles. The molecule has 2 rings (SSSR count). The van der Waals surface area contributed by atoms with Crippen molar-refractivity contribution in [2.75, 3.05) is 12.3 Å². The number of rotatable bonds is 6. The summed E-state index contributed by atoms with van der Waals surface area (Å²) in [6.45, 7) is 2.85. The van der Waals surface area contributed by atoms with Gasteiger partial charge < -0.3 is 11.1 Å². The Hall–Kier alpha value is -1.69. The molecule has 0 spiro atoms. The van der Waals surface area contributed by atoms with Crippen LogP contribution in [0.3, 0.4) is 0 Å². The Bertz CT molecular complexity index is 567. The second-order valence-electron chi connectivity index (χ2n) is 4.37. The van der Waals surface area contributed by atoms with E-state index in [0.29, 0.717) is 27.5 Å². The highest BCUT2D eigenvalue weighted by atomic mass is 32.1. The maximum absolute atomic E-state index is 12.0. The fourth-order valence-corrected chi connectivity index (χ4v) is 2.78. The Morgan fingerprint density at radius 2 is 2.11 bits per heavy atom. The van der Waals surface area contributed by atoms with Crippen LogP contribution in [-0.4, -0.2) is 22.4 Å². The third-order valence-electron chi connectivity index (χ3n) is 2.89. The molecule has 2 aromatic rings. The van der Waals surface area contributed by atoms with Gasteiger partial charge in [-0.15, -0.1) is 11.3 Å². The molecule has 2 aromatic heterocycles. The van der Waals surface area contributed by atoms with Crippen LogP contribution in [0.1, 0.15) is 42.3 Å². The molecule has 19 heavy (non-hydrogen) atoms. The van der Waals surface area contributed by atoms with E-state index in [4.69, 9.17) is 5.73 Å². The number of carbonyl (C=O) groups is 1. The highest BCUT2D eigenvalue weighted by molar-refractivity contribution is 7.21. The number of hydrogen-bond acceptors (Lipinski definition) is 5. The molecular weight excluding hydrogens is 260 g/mol. The van der Waals surface area contributed by atoms with Crippen LogP contribution in [0.4, 0.5) is 5.69 Å². The Labute approximate surface area is 116 Å². The number of nitrogen functional groups attached to an aromatic ring is 1. The minimum atomic E-state index is -0.126. The number of aromatic nitrogens is 2. The zero-order valence-electron chi connectivity index (χ0n) is 11.0. The van der Waals surface area contributed by atoms with E-state index < -0.39 is 0 Å². The second-order valence-corrected chi connectivity index (χ2v) is 5.37. The van der Waals surface area contributed by atoms with Crippen molar-refractivity contribution in [2.45, 2.75) is 32.6 Å². The van der Waals surface area contributed by atoms with Crippen LogP contribution in [0.15, 0.2) is 12.4 Å². The molecule has 0 radical (unpaired) electrons. The number of unbranched alkanes of at least 4 members (excludes halogenated alkanes) is 3. The number of thiophene rings is 1. The molecule has 3 N–H and O–H groups in total. The molecule has 0 aliphatic rings. The molecule has 0 atom stereocenters. The van der Waals surface area contributed by atoms with Gasteiger partial charge in [0.15, 0.2) is 0 Å². The molecule has 6 heteroatoms. The number of hydrogen-bond donors (Lipinski definition) is 2. The van der Waals surface area contributed by atoms with E-state index >= 15 is 0 Å². The maximum atomic E-state index is 12.0. The van der Waals surface area contributed by atoms with Gasteiger partial charge in [-0.3, -0.25) is 4.79 Å². The maximum Gasteiger partial charge on any atom is 0.263 e. The summed E-state index contributed by atoms with van der Waals surface area (Å²) in [5, 5.41) is 2.90. The molecule has 0 saturated carbocycles. The zero-order valence-corrected chi connectivity index (χ0v) is 11.8. The van der Waals surface area contributed by atoms with E-state index in [1.54, 1.807) is 12.4 Å². The summed E-state index contributed by atoms with van der Waals surface area (Å²) in [7, 11) is 0. The van der Waals surface area contributed by atoms with Crippen molar-refractivity contribution in [1.82, 2.24) is 15.3 Å². The summed E-state index contributed by atoms with van der Waals surface area (Å²) < 4.78 is 0. The number of amides is 1. The fraction of sp³-hybridized carbons (Fsp3) is 0.462. The highest BCUT2D eigenvalue weighted by Crippen LogP contribution is 2.30. The van der Waals surface area contributed by atoms with Gasteiger partial charge in [-0.05, 0) is 6.42 Å². The average molecular weight is 278 g/mol. The third kappa shape index (κ3) is 3.20. The highest BCUT2D eigenvalue weighted by Gasteiger charge is 2.17. The molecule has 102 valence electrons. The Morgan fingerprint density at radius 3 is 2.84 bits per heavy atom. The van der Waals surface area contributed by atoms with E-state index in [-0.39, 0.29) is 5.91 Å². The summed E-state index contributed by atoms with van der Waals surface area (Å²) in [5.74, 6) is -0.126. The molecule has 0 aliphatic carbocycles.